The van der Waals surface area contributed by atoms with Crippen LogP contribution in [0.4, 0.5) is 5.69 Å². The van der Waals surface area contributed by atoms with Crippen LogP contribution in [0.25, 0.3) is 0 Å². The van der Waals surface area contributed by atoms with Gasteiger partial charge in [0.2, 0.25) is 0 Å². The van der Waals surface area contributed by atoms with Gasteiger partial charge in [0.05, 0.1) is 5.69 Å². The summed E-state index contributed by atoms with van der Waals surface area (Å²) in [6.45, 7) is 6.39. The first-order chi connectivity index (χ1) is 14.1. The average molecular weight is 412 g/mol. The summed E-state index contributed by atoms with van der Waals surface area (Å²) in [4.78, 5) is 16.0. The molecule has 0 aliphatic heterocycles. The van der Waals surface area contributed by atoms with Gasteiger partial charge >= 0.3 is 0 Å². The highest BCUT2D eigenvalue weighted by molar-refractivity contribution is 7.98. The molecule has 0 fully saturated rings. The molecule has 0 spiro atoms. The number of aryl methyl sites for hydroxylation is 3. The maximum atomic E-state index is 11.7. The minimum atomic E-state index is 0.314. The van der Waals surface area contributed by atoms with E-state index in [9.17, 15) is 4.79 Å². The van der Waals surface area contributed by atoms with Crippen molar-refractivity contribution in [1.29, 1.82) is 0 Å². The molecular weight excluding hydrogens is 378 g/mol. The van der Waals surface area contributed by atoms with Gasteiger partial charge in [-0.05, 0) is 55.9 Å². The molecule has 1 aromatic carbocycles. The number of hydrogen-bond donors (Lipinski definition) is 0. The second kappa shape index (κ2) is 10.8. The Balaban J connectivity index is 1.33. The number of benzene rings is 1. The summed E-state index contributed by atoms with van der Waals surface area (Å²) in [6.07, 6.45) is 9.59. The molecular formula is C24H33N3OS. The molecule has 0 bridgehead atoms. The lowest BCUT2D eigenvalue weighted by Gasteiger charge is -2.26. The Kier molecular flexibility index (Phi) is 8.13. The smallest absolute Gasteiger partial charge is 0.163 e. The normalized spacial score (nSPS) is 13.2. The van der Waals surface area contributed by atoms with Gasteiger partial charge < -0.3 is 4.31 Å². The minimum absolute atomic E-state index is 0.314. The molecule has 0 N–H and O–H groups in total. The molecule has 4 nitrogen and oxygen atoms in total. The van der Waals surface area contributed by atoms with Gasteiger partial charge in [-0.15, -0.1) is 0 Å². The van der Waals surface area contributed by atoms with Crippen LogP contribution < -0.4 is 4.31 Å². The van der Waals surface area contributed by atoms with Crippen LogP contribution in [0.1, 0.15) is 66.2 Å². The van der Waals surface area contributed by atoms with Crippen molar-refractivity contribution in [3.8, 4) is 0 Å². The molecule has 5 heteroatoms. The van der Waals surface area contributed by atoms with E-state index in [2.05, 4.69) is 51.8 Å². The Morgan fingerprint density at radius 1 is 1.07 bits per heavy atom. The Morgan fingerprint density at radius 3 is 2.69 bits per heavy atom. The second-order valence-electron chi connectivity index (χ2n) is 7.84. The summed E-state index contributed by atoms with van der Waals surface area (Å²) >= 11 is 1.79. The number of aromatic nitrogens is 1. The molecule has 1 aliphatic rings. The van der Waals surface area contributed by atoms with E-state index in [4.69, 9.17) is 0 Å². The fraction of sp³-hybridized carbons (Fsp3) is 0.500. The highest BCUT2D eigenvalue weighted by Crippen LogP contribution is 2.25. The molecule has 1 aliphatic carbocycles. The van der Waals surface area contributed by atoms with E-state index >= 15 is 0 Å². The molecule has 156 valence electrons. The van der Waals surface area contributed by atoms with Crippen molar-refractivity contribution in [2.45, 2.75) is 58.8 Å². The largest absolute Gasteiger partial charge is 0.306 e. The summed E-state index contributed by atoms with van der Waals surface area (Å²) < 4.78 is 4.64. The highest BCUT2D eigenvalue weighted by atomic mass is 32.2. The van der Waals surface area contributed by atoms with Crippen LogP contribution in [0, 0.1) is 6.92 Å². The number of carbonyl (C=O) groups is 1. The predicted molar refractivity (Wildman–Crippen MR) is 123 cm³/mol. The average Bonchev–Trinajstić information content (AvgIpc) is 3.09. The summed E-state index contributed by atoms with van der Waals surface area (Å²) in [5.41, 5.74) is 5.85. The van der Waals surface area contributed by atoms with Crippen LogP contribution in [0.3, 0.4) is 0 Å². The predicted octanol–water partition coefficient (Wildman–Crippen LogP) is 5.64. The lowest BCUT2D eigenvalue weighted by Crippen LogP contribution is -2.23. The maximum Gasteiger partial charge on any atom is 0.163 e. The topological polar surface area (TPSA) is 36.4 Å². The van der Waals surface area contributed by atoms with Crippen LogP contribution in [0.2, 0.25) is 0 Å². The maximum absolute atomic E-state index is 11.7. The number of pyridine rings is 1. The molecule has 3 rings (SSSR count). The standard InChI is InChI=1S/C24H33N3OS/c1-4-27(29-26(3)22-14-15-25-19(2)17-22)16-8-6-5-7-9-20-10-12-23-21(18-20)11-13-24(23)28/h10,12,14-15,17-18H,4-9,11,13,16H2,1-3H3. The Hall–Kier alpha value is -1.85. The first-order valence-electron chi connectivity index (χ1n) is 10.8. The first-order valence-corrected chi connectivity index (χ1v) is 11.5. The van der Waals surface area contributed by atoms with E-state index < -0.39 is 0 Å². The zero-order valence-electron chi connectivity index (χ0n) is 18.0. The summed E-state index contributed by atoms with van der Waals surface area (Å²) in [6, 6.07) is 10.6. The van der Waals surface area contributed by atoms with Gasteiger partial charge in [0.25, 0.3) is 0 Å². The third-order valence-corrected chi connectivity index (χ3v) is 6.68. The van der Waals surface area contributed by atoms with E-state index in [0.29, 0.717) is 12.2 Å². The van der Waals surface area contributed by atoms with E-state index in [1.165, 1.54) is 42.5 Å². The molecule has 0 atom stereocenters. The van der Waals surface area contributed by atoms with Gasteiger partial charge in [-0.25, -0.2) is 4.31 Å². The van der Waals surface area contributed by atoms with Gasteiger partial charge in [-0.2, -0.15) is 0 Å². The van der Waals surface area contributed by atoms with Crippen LogP contribution >= 0.6 is 12.1 Å². The van der Waals surface area contributed by atoms with Crippen molar-refractivity contribution >= 4 is 23.6 Å². The van der Waals surface area contributed by atoms with Crippen molar-refractivity contribution in [1.82, 2.24) is 9.29 Å². The molecule has 0 saturated heterocycles. The number of carbonyl (C=O) groups excluding carboxylic acids is 1. The number of ketones is 1. The molecule has 0 radical (unpaired) electrons. The van der Waals surface area contributed by atoms with Gasteiger partial charge in [-0.3, -0.25) is 9.78 Å². The van der Waals surface area contributed by atoms with E-state index in [0.717, 1.165) is 37.2 Å². The number of fused-ring (bicyclic) bond motifs is 1. The fourth-order valence-electron chi connectivity index (χ4n) is 3.84. The van der Waals surface area contributed by atoms with Crippen molar-refractivity contribution in [2.75, 3.05) is 24.4 Å². The third kappa shape index (κ3) is 6.31. The Morgan fingerprint density at radius 2 is 1.90 bits per heavy atom. The molecule has 0 amide bonds. The number of hydrogen-bond acceptors (Lipinski definition) is 5. The molecule has 0 saturated carbocycles. The lowest BCUT2D eigenvalue weighted by atomic mass is 10.0. The number of rotatable bonds is 11. The molecule has 2 aromatic rings. The molecule has 29 heavy (non-hydrogen) atoms. The van der Waals surface area contributed by atoms with Crippen LogP contribution in [0.15, 0.2) is 36.5 Å². The lowest BCUT2D eigenvalue weighted by molar-refractivity contribution is 0.0994. The molecule has 1 aromatic heterocycles. The molecule has 0 unspecified atom stereocenters. The van der Waals surface area contributed by atoms with E-state index in [1.54, 1.807) is 12.1 Å². The number of anilines is 1. The summed E-state index contributed by atoms with van der Waals surface area (Å²) in [5, 5.41) is 0. The van der Waals surface area contributed by atoms with Crippen molar-refractivity contribution in [3.05, 3.63) is 58.9 Å². The second-order valence-corrected chi connectivity index (χ2v) is 9.06. The minimum Gasteiger partial charge on any atom is -0.306 e. The quantitative estimate of drug-likeness (QED) is 0.353. The molecule has 1 heterocycles. The zero-order chi connectivity index (χ0) is 20.6. The van der Waals surface area contributed by atoms with Crippen molar-refractivity contribution in [3.63, 3.8) is 0 Å². The van der Waals surface area contributed by atoms with Crippen LogP contribution in [-0.4, -0.2) is 35.2 Å². The van der Waals surface area contributed by atoms with Gasteiger partial charge in [0.1, 0.15) is 0 Å². The van der Waals surface area contributed by atoms with Crippen molar-refractivity contribution < 1.29 is 4.79 Å². The van der Waals surface area contributed by atoms with Crippen molar-refractivity contribution in [2.24, 2.45) is 0 Å². The number of unbranched alkanes of at least 4 members (excludes halogenated alkanes) is 3. The Bertz CT molecular complexity index is 824. The van der Waals surface area contributed by atoms with E-state index in [-0.39, 0.29) is 0 Å². The highest BCUT2D eigenvalue weighted by Gasteiger charge is 2.18. The third-order valence-electron chi connectivity index (χ3n) is 5.55. The summed E-state index contributed by atoms with van der Waals surface area (Å²) in [7, 11) is 2.12. The number of Topliss-reactive ketones (excluding diaryl/α,β-unsaturated/α-hetero) is 1. The Labute approximate surface area is 180 Å². The SMILES string of the molecule is CCN(CCCCCCc1ccc2c(c1)CCC2=O)SN(C)c1ccnc(C)c1. The van der Waals surface area contributed by atoms with Gasteiger partial charge in [0.15, 0.2) is 5.78 Å². The van der Waals surface area contributed by atoms with Crippen LogP contribution in [0.5, 0.6) is 0 Å². The monoisotopic (exact) mass is 411 g/mol. The fourth-order valence-corrected chi connectivity index (χ4v) is 4.72. The number of nitrogens with zero attached hydrogens (tertiary/aromatic N) is 3. The first kappa shape index (κ1) is 21.8. The van der Waals surface area contributed by atoms with Gasteiger partial charge in [0, 0.05) is 56.1 Å². The van der Waals surface area contributed by atoms with Crippen LogP contribution in [-0.2, 0) is 12.8 Å². The zero-order valence-corrected chi connectivity index (χ0v) is 18.8. The van der Waals surface area contributed by atoms with E-state index in [1.807, 2.05) is 19.2 Å². The summed E-state index contributed by atoms with van der Waals surface area (Å²) in [5.74, 6) is 0.314. The van der Waals surface area contributed by atoms with Gasteiger partial charge in [-0.1, -0.05) is 38.0 Å².